The topological polar surface area (TPSA) is 46.5 Å². The number of alkyl halides is 2. The lowest BCUT2D eigenvalue weighted by Crippen LogP contribution is -2.20. The zero-order valence-electron chi connectivity index (χ0n) is 9.88. The first-order valence-electron chi connectivity index (χ1n) is 5.04. The van der Waals surface area contributed by atoms with E-state index in [4.69, 9.17) is 9.84 Å². The average molecular weight is 244 g/mol. The van der Waals surface area contributed by atoms with Crippen molar-refractivity contribution < 1.29 is 23.4 Å². The van der Waals surface area contributed by atoms with Crippen LogP contribution in [0.2, 0.25) is 0 Å². The minimum atomic E-state index is -3.37. The second kappa shape index (κ2) is 4.69. The Morgan fingerprint density at radius 3 is 2.41 bits per heavy atom. The molecule has 0 amide bonds. The van der Waals surface area contributed by atoms with E-state index in [1.807, 2.05) is 0 Å². The Balaban J connectivity index is 3.24. The molecule has 1 N–H and O–H groups in total. The van der Waals surface area contributed by atoms with E-state index in [0.717, 1.165) is 0 Å². The van der Waals surface area contributed by atoms with Gasteiger partial charge in [-0.2, -0.15) is 0 Å². The molecule has 0 aliphatic heterocycles. The van der Waals surface area contributed by atoms with Crippen molar-refractivity contribution >= 4 is 5.97 Å². The quantitative estimate of drug-likeness (QED) is 0.885. The smallest absolute Gasteiger partial charge is 0.309 e. The van der Waals surface area contributed by atoms with Crippen molar-refractivity contribution in [3.8, 4) is 5.75 Å². The molecular weight excluding hydrogens is 230 g/mol. The number of hydrogen-bond acceptors (Lipinski definition) is 2. The summed E-state index contributed by atoms with van der Waals surface area (Å²) in [5, 5.41) is 8.47. The van der Waals surface area contributed by atoms with Crippen LogP contribution < -0.4 is 4.74 Å². The molecule has 1 rings (SSSR count). The van der Waals surface area contributed by atoms with E-state index in [1.54, 1.807) is 6.92 Å². The van der Waals surface area contributed by atoms with Crippen LogP contribution in [0.25, 0.3) is 0 Å². The highest BCUT2D eigenvalue weighted by molar-refractivity contribution is 5.68. The van der Waals surface area contributed by atoms with E-state index in [0.29, 0.717) is 16.9 Å². The van der Waals surface area contributed by atoms with Crippen molar-refractivity contribution in [2.24, 2.45) is 0 Å². The molecule has 1 aromatic carbocycles. The number of hydrogen-bond donors (Lipinski definition) is 1. The largest absolute Gasteiger partial charge is 0.496 e. The Morgan fingerprint density at radius 1 is 1.35 bits per heavy atom. The third-order valence-electron chi connectivity index (χ3n) is 2.72. The molecule has 0 aromatic heterocycles. The molecule has 0 unspecified atom stereocenters. The van der Waals surface area contributed by atoms with Crippen molar-refractivity contribution in [1.29, 1.82) is 0 Å². The van der Waals surface area contributed by atoms with Gasteiger partial charge in [0.15, 0.2) is 0 Å². The molecular formula is C12H14F2O3. The number of carboxylic acid groups (broad SMARTS) is 1. The maximum atomic E-state index is 13.7. The van der Waals surface area contributed by atoms with E-state index >= 15 is 0 Å². The van der Waals surface area contributed by atoms with Gasteiger partial charge in [0.1, 0.15) is 12.2 Å². The van der Waals surface area contributed by atoms with Crippen LogP contribution in [0.3, 0.4) is 0 Å². The summed E-state index contributed by atoms with van der Waals surface area (Å²) in [5.74, 6) is -4.38. The Hall–Kier alpha value is -1.65. The Morgan fingerprint density at radius 2 is 1.94 bits per heavy atom. The summed E-state index contributed by atoms with van der Waals surface area (Å²) < 4.78 is 32.3. The number of rotatable bonds is 4. The van der Waals surface area contributed by atoms with Gasteiger partial charge in [0.25, 0.3) is 5.92 Å². The summed E-state index contributed by atoms with van der Waals surface area (Å²) in [6.45, 7) is 3.19. The molecule has 1 aromatic rings. The van der Waals surface area contributed by atoms with Crippen LogP contribution in [0, 0.1) is 13.8 Å². The lowest BCUT2D eigenvalue weighted by molar-refractivity contribution is -0.145. The van der Waals surface area contributed by atoms with E-state index in [1.165, 1.54) is 26.2 Å². The lowest BCUT2D eigenvalue weighted by atomic mass is 9.96. The van der Waals surface area contributed by atoms with Gasteiger partial charge in [-0.3, -0.25) is 4.79 Å². The van der Waals surface area contributed by atoms with Gasteiger partial charge < -0.3 is 9.84 Å². The summed E-state index contributed by atoms with van der Waals surface area (Å²) in [6.07, 6.45) is -1.21. The van der Waals surface area contributed by atoms with E-state index in [9.17, 15) is 13.6 Å². The van der Waals surface area contributed by atoms with E-state index in [-0.39, 0.29) is 5.56 Å². The summed E-state index contributed by atoms with van der Waals surface area (Å²) in [7, 11) is 1.46. The van der Waals surface area contributed by atoms with Gasteiger partial charge in [0.2, 0.25) is 0 Å². The maximum Gasteiger partial charge on any atom is 0.309 e. The Bertz CT molecular complexity index is 442. The molecule has 0 spiro atoms. The summed E-state index contributed by atoms with van der Waals surface area (Å²) in [6, 6.07) is 2.64. The van der Waals surface area contributed by atoms with Gasteiger partial charge in [-0.25, -0.2) is 8.78 Å². The minimum absolute atomic E-state index is 0.266. The number of aliphatic carboxylic acids is 1. The monoisotopic (exact) mass is 244 g/mol. The van der Waals surface area contributed by atoms with Gasteiger partial charge in [-0.05, 0) is 37.1 Å². The van der Waals surface area contributed by atoms with Crippen molar-refractivity contribution in [2.45, 2.75) is 26.2 Å². The number of benzene rings is 1. The normalized spacial score (nSPS) is 11.4. The second-order valence-corrected chi connectivity index (χ2v) is 3.84. The summed E-state index contributed by atoms with van der Waals surface area (Å²) in [4.78, 5) is 10.4. The fraction of sp³-hybridized carbons (Fsp3) is 0.417. The van der Waals surface area contributed by atoms with Crippen LogP contribution in [0.5, 0.6) is 5.75 Å². The SMILES string of the molecule is COc1ccc(C(F)(F)CC(=O)O)c(C)c1C. The molecule has 0 saturated carbocycles. The van der Waals surface area contributed by atoms with Crippen LogP contribution in [-0.4, -0.2) is 18.2 Å². The van der Waals surface area contributed by atoms with Gasteiger partial charge in [-0.15, -0.1) is 0 Å². The first kappa shape index (κ1) is 13.4. The van der Waals surface area contributed by atoms with E-state index in [2.05, 4.69) is 0 Å². The number of halogens is 2. The summed E-state index contributed by atoms with van der Waals surface area (Å²) in [5.41, 5.74) is 0.684. The molecule has 0 atom stereocenters. The van der Waals surface area contributed by atoms with Crippen LogP contribution in [0.1, 0.15) is 23.1 Å². The molecule has 3 nitrogen and oxygen atoms in total. The molecule has 17 heavy (non-hydrogen) atoms. The predicted molar refractivity (Wildman–Crippen MR) is 58.6 cm³/mol. The molecule has 0 aliphatic carbocycles. The van der Waals surface area contributed by atoms with Crippen molar-refractivity contribution in [1.82, 2.24) is 0 Å². The van der Waals surface area contributed by atoms with Gasteiger partial charge in [-0.1, -0.05) is 0 Å². The highest BCUT2D eigenvalue weighted by atomic mass is 19.3. The van der Waals surface area contributed by atoms with Gasteiger partial charge in [0, 0.05) is 5.56 Å². The van der Waals surface area contributed by atoms with Crippen molar-refractivity contribution in [2.75, 3.05) is 7.11 Å². The summed E-state index contributed by atoms with van der Waals surface area (Å²) >= 11 is 0. The minimum Gasteiger partial charge on any atom is -0.496 e. The zero-order chi connectivity index (χ0) is 13.2. The number of methoxy groups -OCH3 is 1. The average Bonchev–Trinajstić information content (AvgIpc) is 2.19. The Kier molecular flexibility index (Phi) is 3.70. The number of ether oxygens (including phenoxy) is 1. The zero-order valence-corrected chi connectivity index (χ0v) is 9.88. The molecule has 5 heteroatoms. The molecule has 0 heterocycles. The van der Waals surface area contributed by atoms with Crippen LogP contribution >= 0.6 is 0 Å². The lowest BCUT2D eigenvalue weighted by Gasteiger charge is -2.19. The molecule has 0 fully saturated rings. The predicted octanol–water partition coefficient (Wildman–Crippen LogP) is 2.88. The van der Waals surface area contributed by atoms with Crippen LogP contribution in [0.4, 0.5) is 8.78 Å². The molecule has 0 aliphatic rings. The molecule has 0 radical (unpaired) electrons. The second-order valence-electron chi connectivity index (χ2n) is 3.84. The third kappa shape index (κ3) is 2.72. The first-order chi connectivity index (χ1) is 7.79. The molecule has 0 bridgehead atoms. The van der Waals surface area contributed by atoms with E-state index < -0.39 is 18.3 Å². The van der Waals surface area contributed by atoms with Gasteiger partial charge >= 0.3 is 5.97 Å². The highest BCUT2D eigenvalue weighted by Crippen LogP contribution is 2.37. The third-order valence-corrected chi connectivity index (χ3v) is 2.72. The van der Waals surface area contributed by atoms with Crippen LogP contribution in [-0.2, 0) is 10.7 Å². The van der Waals surface area contributed by atoms with Gasteiger partial charge in [0.05, 0.1) is 7.11 Å². The first-order valence-corrected chi connectivity index (χ1v) is 5.04. The fourth-order valence-corrected chi connectivity index (χ4v) is 1.70. The number of carbonyl (C=O) groups is 1. The van der Waals surface area contributed by atoms with Crippen molar-refractivity contribution in [3.05, 3.63) is 28.8 Å². The Labute approximate surface area is 98.0 Å². The fourth-order valence-electron chi connectivity index (χ4n) is 1.70. The standard InChI is InChI=1S/C12H14F2O3/c1-7-8(2)10(17-3)5-4-9(7)12(13,14)6-11(15)16/h4-5H,6H2,1-3H3,(H,15,16). The molecule has 0 saturated heterocycles. The maximum absolute atomic E-state index is 13.7. The van der Waals surface area contributed by atoms with Crippen LogP contribution in [0.15, 0.2) is 12.1 Å². The highest BCUT2D eigenvalue weighted by Gasteiger charge is 2.36. The molecule has 94 valence electrons. The van der Waals surface area contributed by atoms with Crippen molar-refractivity contribution in [3.63, 3.8) is 0 Å². The number of carboxylic acids is 1.